The van der Waals surface area contributed by atoms with Crippen molar-refractivity contribution in [3.8, 4) is 11.5 Å². The number of halogens is 1. The van der Waals surface area contributed by atoms with Gasteiger partial charge in [-0.25, -0.2) is 0 Å². The maximum Gasteiger partial charge on any atom is 0.231 e. The van der Waals surface area contributed by atoms with Crippen LogP contribution in [0.3, 0.4) is 0 Å². The first-order valence-corrected chi connectivity index (χ1v) is 7.18. The Hall–Kier alpha value is -0.970. The minimum atomic E-state index is 0.268. The van der Waals surface area contributed by atoms with Gasteiger partial charge in [0.2, 0.25) is 6.79 Å². The van der Waals surface area contributed by atoms with Gasteiger partial charge in [-0.05, 0) is 30.7 Å². The molecule has 0 saturated carbocycles. The molecule has 0 aromatic heterocycles. The highest BCUT2D eigenvalue weighted by molar-refractivity contribution is 6.32. The second-order valence-corrected chi connectivity index (χ2v) is 5.50. The van der Waals surface area contributed by atoms with Crippen molar-refractivity contribution in [3.05, 3.63) is 22.7 Å². The molecule has 0 bridgehead atoms. The quantitative estimate of drug-likeness (QED) is 0.898. The third-order valence-corrected chi connectivity index (χ3v) is 3.94. The zero-order chi connectivity index (χ0) is 13.2. The molecule has 0 unspecified atom stereocenters. The van der Waals surface area contributed by atoms with E-state index in [0.717, 1.165) is 38.3 Å². The lowest BCUT2D eigenvalue weighted by Gasteiger charge is -2.38. The molecule has 19 heavy (non-hydrogen) atoms. The number of hydrogen-bond donors (Lipinski definition) is 1. The van der Waals surface area contributed by atoms with E-state index in [1.807, 2.05) is 12.1 Å². The first-order chi connectivity index (χ1) is 9.28. The Kier molecular flexibility index (Phi) is 3.82. The zero-order valence-electron chi connectivity index (χ0n) is 11.1. The summed E-state index contributed by atoms with van der Waals surface area (Å²) >= 11 is 6.23. The lowest BCUT2D eigenvalue weighted by Crippen LogP contribution is -2.56. The molecule has 1 saturated heterocycles. The fourth-order valence-electron chi connectivity index (χ4n) is 2.56. The molecular formula is C14H19ClN2O2. The average molecular weight is 283 g/mol. The fourth-order valence-corrected chi connectivity index (χ4v) is 2.84. The van der Waals surface area contributed by atoms with Crippen molar-refractivity contribution in [2.75, 3.05) is 26.4 Å². The van der Waals surface area contributed by atoms with Crippen molar-refractivity contribution < 1.29 is 9.47 Å². The molecule has 0 spiro atoms. The van der Waals surface area contributed by atoms with Crippen LogP contribution < -0.4 is 14.8 Å². The van der Waals surface area contributed by atoms with Crippen molar-refractivity contribution in [2.45, 2.75) is 25.9 Å². The third-order valence-electron chi connectivity index (χ3n) is 3.66. The summed E-state index contributed by atoms with van der Waals surface area (Å²) in [6.45, 7) is 6.67. The molecule has 1 aromatic rings. The highest BCUT2D eigenvalue weighted by atomic mass is 35.5. The highest BCUT2D eigenvalue weighted by Gasteiger charge is 2.25. The van der Waals surface area contributed by atoms with Crippen LogP contribution in [0.2, 0.25) is 5.02 Å². The summed E-state index contributed by atoms with van der Waals surface area (Å²) in [5, 5.41) is 3.97. The Morgan fingerprint density at radius 3 is 2.89 bits per heavy atom. The molecular weight excluding hydrogens is 264 g/mol. The first kappa shape index (κ1) is 13.0. The van der Waals surface area contributed by atoms with Crippen LogP contribution in [0.25, 0.3) is 0 Å². The normalized spacial score (nSPS) is 17.8. The fraction of sp³-hybridized carbons (Fsp3) is 0.571. The van der Waals surface area contributed by atoms with E-state index in [1.54, 1.807) is 0 Å². The van der Waals surface area contributed by atoms with E-state index in [1.165, 1.54) is 5.56 Å². The standard InChI is InChI=1S/C14H19ClN2O2/c1-2-3-17(11-6-16-7-11)8-10-4-12(15)14-13(5-10)18-9-19-14/h4-5,11,16H,2-3,6-9H2,1H3. The van der Waals surface area contributed by atoms with E-state index in [2.05, 4.69) is 17.1 Å². The zero-order valence-corrected chi connectivity index (χ0v) is 11.9. The topological polar surface area (TPSA) is 33.7 Å². The molecule has 0 atom stereocenters. The van der Waals surface area contributed by atoms with E-state index in [4.69, 9.17) is 21.1 Å². The summed E-state index contributed by atoms with van der Waals surface area (Å²) in [5.74, 6) is 1.45. The predicted octanol–water partition coefficient (Wildman–Crippen LogP) is 2.25. The van der Waals surface area contributed by atoms with Crippen LogP contribution in [0, 0.1) is 0 Å². The molecule has 104 valence electrons. The predicted molar refractivity (Wildman–Crippen MR) is 74.9 cm³/mol. The van der Waals surface area contributed by atoms with Crippen LogP contribution in [-0.2, 0) is 6.54 Å². The van der Waals surface area contributed by atoms with Crippen molar-refractivity contribution in [1.29, 1.82) is 0 Å². The van der Waals surface area contributed by atoms with Crippen molar-refractivity contribution in [1.82, 2.24) is 10.2 Å². The van der Waals surface area contributed by atoms with Crippen molar-refractivity contribution >= 4 is 11.6 Å². The van der Waals surface area contributed by atoms with Crippen LogP contribution in [-0.4, -0.2) is 37.4 Å². The Labute approximate surface area is 118 Å². The van der Waals surface area contributed by atoms with Crippen molar-refractivity contribution in [2.24, 2.45) is 0 Å². The molecule has 4 nitrogen and oxygen atoms in total. The van der Waals surface area contributed by atoms with Crippen LogP contribution in [0.1, 0.15) is 18.9 Å². The summed E-state index contributed by atoms with van der Waals surface area (Å²) in [5.41, 5.74) is 1.19. The van der Waals surface area contributed by atoms with E-state index in [0.29, 0.717) is 16.8 Å². The second kappa shape index (κ2) is 5.57. The molecule has 2 aliphatic heterocycles. The van der Waals surface area contributed by atoms with Crippen LogP contribution in [0.5, 0.6) is 11.5 Å². The van der Waals surface area contributed by atoms with E-state index < -0.39 is 0 Å². The third kappa shape index (κ3) is 2.66. The highest BCUT2D eigenvalue weighted by Crippen LogP contribution is 2.40. The van der Waals surface area contributed by atoms with Gasteiger partial charge in [0, 0.05) is 25.7 Å². The lowest BCUT2D eigenvalue weighted by molar-refractivity contribution is 0.137. The molecule has 0 radical (unpaired) electrons. The average Bonchev–Trinajstić information content (AvgIpc) is 2.75. The SMILES string of the molecule is CCCN(Cc1cc(Cl)c2c(c1)OCO2)C1CNC1. The smallest absolute Gasteiger partial charge is 0.231 e. The number of benzene rings is 1. The number of ether oxygens (including phenoxy) is 2. The monoisotopic (exact) mass is 282 g/mol. The van der Waals surface area contributed by atoms with Gasteiger partial charge >= 0.3 is 0 Å². The van der Waals surface area contributed by atoms with Gasteiger partial charge in [-0.3, -0.25) is 4.90 Å². The van der Waals surface area contributed by atoms with Crippen LogP contribution >= 0.6 is 11.6 Å². The van der Waals surface area contributed by atoms with Gasteiger partial charge < -0.3 is 14.8 Å². The molecule has 1 N–H and O–H groups in total. The Balaban J connectivity index is 1.76. The number of rotatable bonds is 5. The second-order valence-electron chi connectivity index (χ2n) is 5.09. The summed E-state index contributed by atoms with van der Waals surface area (Å²) < 4.78 is 10.8. The number of nitrogens with one attached hydrogen (secondary N) is 1. The largest absolute Gasteiger partial charge is 0.454 e. The Morgan fingerprint density at radius 1 is 1.37 bits per heavy atom. The van der Waals surface area contributed by atoms with Crippen LogP contribution in [0.4, 0.5) is 0 Å². The lowest BCUT2D eigenvalue weighted by atomic mass is 10.1. The van der Waals surface area contributed by atoms with Gasteiger partial charge in [0.25, 0.3) is 0 Å². The molecule has 2 aliphatic rings. The summed E-state index contributed by atoms with van der Waals surface area (Å²) in [6, 6.07) is 4.68. The Morgan fingerprint density at radius 2 is 2.21 bits per heavy atom. The molecule has 2 heterocycles. The first-order valence-electron chi connectivity index (χ1n) is 6.80. The van der Waals surface area contributed by atoms with Gasteiger partial charge in [0.1, 0.15) is 0 Å². The van der Waals surface area contributed by atoms with Crippen LogP contribution in [0.15, 0.2) is 12.1 Å². The Bertz CT molecular complexity index is 463. The minimum Gasteiger partial charge on any atom is -0.454 e. The summed E-state index contributed by atoms with van der Waals surface area (Å²) in [4.78, 5) is 2.50. The molecule has 0 amide bonds. The van der Waals surface area contributed by atoms with E-state index in [-0.39, 0.29) is 6.79 Å². The van der Waals surface area contributed by atoms with E-state index in [9.17, 15) is 0 Å². The van der Waals surface area contributed by atoms with Gasteiger partial charge in [0.15, 0.2) is 11.5 Å². The molecule has 0 aliphatic carbocycles. The van der Waals surface area contributed by atoms with Gasteiger partial charge in [-0.1, -0.05) is 18.5 Å². The number of fused-ring (bicyclic) bond motifs is 1. The minimum absolute atomic E-state index is 0.268. The molecule has 1 fully saturated rings. The van der Waals surface area contributed by atoms with E-state index >= 15 is 0 Å². The summed E-state index contributed by atoms with van der Waals surface area (Å²) in [6.07, 6.45) is 1.16. The maximum absolute atomic E-state index is 6.23. The van der Waals surface area contributed by atoms with Gasteiger partial charge in [0.05, 0.1) is 5.02 Å². The maximum atomic E-state index is 6.23. The summed E-state index contributed by atoms with van der Waals surface area (Å²) in [7, 11) is 0. The molecule has 3 rings (SSSR count). The molecule has 1 aromatic carbocycles. The van der Waals surface area contributed by atoms with Crippen molar-refractivity contribution in [3.63, 3.8) is 0 Å². The number of nitrogens with zero attached hydrogens (tertiary/aromatic N) is 1. The van der Waals surface area contributed by atoms with Gasteiger partial charge in [-0.2, -0.15) is 0 Å². The number of hydrogen-bond acceptors (Lipinski definition) is 4. The molecule has 5 heteroatoms. The van der Waals surface area contributed by atoms with Gasteiger partial charge in [-0.15, -0.1) is 0 Å².